The maximum Gasteiger partial charge on any atom is 0.344 e. The predicted molar refractivity (Wildman–Crippen MR) is 104 cm³/mol. The van der Waals surface area contributed by atoms with Crippen LogP contribution in [0, 0.1) is 6.92 Å². The van der Waals surface area contributed by atoms with Crippen LogP contribution < -0.4 is 9.47 Å². The number of carbonyl (C=O) groups is 1. The fourth-order valence-electron chi connectivity index (χ4n) is 2.58. The van der Waals surface area contributed by atoms with Crippen LogP contribution in [0.15, 0.2) is 54.7 Å². The summed E-state index contributed by atoms with van der Waals surface area (Å²) in [5.74, 6) is 0.748. The summed E-state index contributed by atoms with van der Waals surface area (Å²) in [5, 5.41) is 1.35. The molecule has 0 N–H and O–H groups in total. The molecule has 5 nitrogen and oxygen atoms in total. The maximum atomic E-state index is 12.0. The largest absolute Gasteiger partial charge is 0.490 e. The third-order valence-electron chi connectivity index (χ3n) is 3.83. The molecule has 27 heavy (non-hydrogen) atoms. The van der Waals surface area contributed by atoms with Crippen molar-refractivity contribution in [2.75, 3.05) is 13.2 Å². The molecular formula is C21H20ClNO4. The highest BCUT2D eigenvalue weighted by Crippen LogP contribution is 2.29. The third-order valence-corrected chi connectivity index (χ3v) is 4.16. The van der Waals surface area contributed by atoms with E-state index in [1.165, 1.54) is 0 Å². The molecular weight excluding hydrogens is 366 g/mol. The highest BCUT2D eigenvalue weighted by Gasteiger charge is 2.13. The molecule has 0 aliphatic heterocycles. The van der Waals surface area contributed by atoms with Gasteiger partial charge in [-0.25, -0.2) is 4.79 Å². The summed E-state index contributed by atoms with van der Waals surface area (Å²) in [6, 6.07) is 14.7. The summed E-state index contributed by atoms with van der Waals surface area (Å²) in [6.07, 6.45) is 1.25. The smallest absolute Gasteiger partial charge is 0.344 e. The lowest BCUT2D eigenvalue weighted by Gasteiger charge is -2.15. The lowest BCUT2D eigenvalue weighted by Crippen LogP contribution is -2.25. The number of halogens is 1. The van der Waals surface area contributed by atoms with Gasteiger partial charge in [-0.05, 0) is 55.8 Å². The van der Waals surface area contributed by atoms with Gasteiger partial charge in [0.1, 0.15) is 29.7 Å². The van der Waals surface area contributed by atoms with Gasteiger partial charge in [0.25, 0.3) is 0 Å². The lowest BCUT2D eigenvalue weighted by molar-refractivity contribution is -0.151. The first-order valence-corrected chi connectivity index (χ1v) is 8.95. The van der Waals surface area contributed by atoms with Gasteiger partial charge >= 0.3 is 5.97 Å². The molecule has 0 spiro atoms. The van der Waals surface area contributed by atoms with E-state index in [9.17, 15) is 4.79 Å². The van der Waals surface area contributed by atoms with Gasteiger partial charge in [0.05, 0.1) is 5.02 Å². The summed E-state index contributed by atoms with van der Waals surface area (Å²) in [6.45, 7) is 3.80. The zero-order valence-electron chi connectivity index (χ0n) is 15.1. The van der Waals surface area contributed by atoms with Crippen LogP contribution in [0.5, 0.6) is 11.5 Å². The second kappa shape index (κ2) is 8.73. The normalized spacial score (nSPS) is 11.8. The number of ether oxygens (including phenoxy) is 3. The number of nitrogens with zero attached hydrogens (tertiary/aromatic N) is 1. The molecule has 0 aliphatic rings. The fourth-order valence-corrected chi connectivity index (χ4v) is 2.79. The standard InChI is InChI=1S/C21H20ClNO4/c1-14-5-3-6-16(11-14)25-12-15(2)27-20(24)13-26-19-9-8-18(22)17-7-4-10-23-21(17)19/h3-11,15H,12-13H2,1-2H3. The highest BCUT2D eigenvalue weighted by molar-refractivity contribution is 6.35. The van der Waals surface area contributed by atoms with Crippen LogP contribution in [0.1, 0.15) is 12.5 Å². The Morgan fingerprint density at radius 2 is 2.00 bits per heavy atom. The quantitative estimate of drug-likeness (QED) is 0.557. The molecule has 0 aliphatic carbocycles. The molecule has 0 fully saturated rings. The van der Waals surface area contributed by atoms with Crippen molar-refractivity contribution in [3.8, 4) is 11.5 Å². The monoisotopic (exact) mass is 385 g/mol. The molecule has 3 rings (SSSR count). The van der Waals surface area contributed by atoms with E-state index in [0.717, 1.165) is 16.7 Å². The van der Waals surface area contributed by atoms with Crippen LogP contribution in [-0.4, -0.2) is 30.3 Å². The number of hydrogen-bond acceptors (Lipinski definition) is 5. The van der Waals surface area contributed by atoms with E-state index < -0.39 is 12.1 Å². The number of carbonyl (C=O) groups excluding carboxylic acids is 1. The number of aromatic nitrogens is 1. The minimum atomic E-state index is -0.477. The van der Waals surface area contributed by atoms with Crippen LogP contribution in [0.25, 0.3) is 10.9 Å². The van der Waals surface area contributed by atoms with Gasteiger partial charge in [-0.1, -0.05) is 23.7 Å². The number of aryl methyl sites for hydroxylation is 1. The van der Waals surface area contributed by atoms with Crippen LogP contribution in [0.4, 0.5) is 0 Å². The van der Waals surface area contributed by atoms with Crippen molar-refractivity contribution >= 4 is 28.5 Å². The first-order valence-electron chi connectivity index (χ1n) is 8.58. The second-order valence-corrected chi connectivity index (χ2v) is 6.57. The molecule has 0 amide bonds. The number of fused-ring (bicyclic) bond motifs is 1. The van der Waals surface area contributed by atoms with Crippen molar-refractivity contribution in [3.63, 3.8) is 0 Å². The highest BCUT2D eigenvalue weighted by atomic mass is 35.5. The van der Waals surface area contributed by atoms with E-state index in [1.807, 2.05) is 37.3 Å². The van der Waals surface area contributed by atoms with Crippen molar-refractivity contribution in [3.05, 3.63) is 65.3 Å². The molecule has 0 radical (unpaired) electrons. The van der Waals surface area contributed by atoms with Gasteiger partial charge in [-0.2, -0.15) is 0 Å². The zero-order valence-corrected chi connectivity index (χ0v) is 15.9. The van der Waals surface area contributed by atoms with Gasteiger partial charge in [0, 0.05) is 11.6 Å². The minimum Gasteiger partial charge on any atom is -0.490 e. The molecule has 0 saturated carbocycles. The van der Waals surface area contributed by atoms with E-state index in [1.54, 1.807) is 31.3 Å². The summed E-state index contributed by atoms with van der Waals surface area (Å²) in [5.41, 5.74) is 1.71. The summed E-state index contributed by atoms with van der Waals surface area (Å²) in [4.78, 5) is 16.3. The van der Waals surface area contributed by atoms with Crippen molar-refractivity contribution in [1.82, 2.24) is 4.98 Å². The number of pyridine rings is 1. The Morgan fingerprint density at radius 3 is 2.81 bits per heavy atom. The molecule has 3 aromatic rings. The average molecular weight is 386 g/mol. The van der Waals surface area contributed by atoms with Gasteiger partial charge in [-0.3, -0.25) is 4.98 Å². The van der Waals surface area contributed by atoms with Crippen LogP contribution in [0.3, 0.4) is 0 Å². The first kappa shape index (κ1) is 19.0. The Kier molecular flexibility index (Phi) is 6.14. The van der Waals surface area contributed by atoms with Gasteiger partial charge in [0.15, 0.2) is 6.61 Å². The summed E-state index contributed by atoms with van der Waals surface area (Å²) < 4.78 is 16.5. The molecule has 2 aromatic carbocycles. The molecule has 0 bridgehead atoms. The van der Waals surface area contributed by atoms with Crippen LogP contribution >= 0.6 is 11.6 Å². The molecule has 6 heteroatoms. The van der Waals surface area contributed by atoms with Crippen molar-refractivity contribution in [2.24, 2.45) is 0 Å². The van der Waals surface area contributed by atoms with Crippen molar-refractivity contribution in [1.29, 1.82) is 0 Å². The van der Waals surface area contributed by atoms with Crippen molar-refractivity contribution < 1.29 is 19.0 Å². The van der Waals surface area contributed by atoms with E-state index in [2.05, 4.69) is 4.98 Å². The maximum absolute atomic E-state index is 12.0. The average Bonchev–Trinajstić information content (AvgIpc) is 2.66. The summed E-state index contributed by atoms with van der Waals surface area (Å²) >= 11 is 6.15. The third kappa shape index (κ3) is 5.11. The first-order chi connectivity index (χ1) is 13.0. The SMILES string of the molecule is Cc1cccc(OCC(C)OC(=O)COc2ccc(Cl)c3cccnc23)c1. The molecule has 1 unspecified atom stereocenters. The zero-order chi connectivity index (χ0) is 19.2. The Hall–Kier alpha value is -2.79. The topological polar surface area (TPSA) is 57.7 Å². The van der Waals surface area contributed by atoms with Gasteiger partial charge in [-0.15, -0.1) is 0 Å². The predicted octanol–water partition coefficient (Wildman–Crippen LogP) is 4.59. The Morgan fingerprint density at radius 1 is 1.15 bits per heavy atom. The van der Waals surface area contributed by atoms with E-state index in [-0.39, 0.29) is 13.2 Å². The Bertz CT molecular complexity index is 944. The second-order valence-electron chi connectivity index (χ2n) is 6.16. The fraction of sp³-hybridized carbons (Fsp3) is 0.238. The minimum absolute atomic E-state index is 0.220. The number of hydrogen-bond donors (Lipinski definition) is 0. The van der Waals surface area contributed by atoms with Gasteiger partial charge < -0.3 is 14.2 Å². The Labute approximate surface area is 162 Å². The van der Waals surface area contributed by atoms with Crippen LogP contribution in [-0.2, 0) is 9.53 Å². The molecule has 1 atom stereocenters. The number of esters is 1. The molecule has 0 saturated heterocycles. The Balaban J connectivity index is 1.52. The molecule has 1 aromatic heterocycles. The molecule has 140 valence electrons. The van der Waals surface area contributed by atoms with E-state index in [4.69, 9.17) is 25.8 Å². The number of benzene rings is 2. The van der Waals surface area contributed by atoms with Crippen LogP contribution in [0.2, 0.25) is 5.02 Å². The van der Waals surface area contributed by atoms with E-state index >= 15 is 0 Å². The summed E-state index contributed by atoms with van der Waals surface area (Å²) in [7, 11) is 0. The molecule has 1 heterocycles. The van der Waals surface area contributed by atoms with Crippen molar-refractivity contribution in [2.45, 2.75) is 20.0 Å². The van der Waals surface area contributed by atoms with Gasteiger partial charge in [0.2, 0.25) is 0 Å². The number of rotatable bonds is 7. The van der Waals surface area contributed by atoms with E-state index in [0.29, 0.717) is 16.3 Å². The lowest BCUT2D eigenvalue weighted by atomic mass is 10.2.